The highest BCUT2D eigenvalue weighted by atomic mass is 32.1. The van der Waals surface area contributed by atoms with Crippen LogP contribution in [-0.2, 0) is 16.1 Å². The minimum atomic E-state index is -0.863. The highest BCUT2D eigenvalue weighted by Crippen LogP contribution is 2.45. The van der Waals surface area contributed by atoms with E-state index in [0.717, 1.165) is 5.56 Å². The van der Waals surface area contributed by atoms with Crippen molar-refractivity contribution < 1.29 is 24.2 Å². The van der Waals surface area contributed by atoms with Crippen molar-refractivity contribution in [3.8, 4) is 5.88 Å². The van der Waals surface area contributed by atoms with Crippen molar-refractivity contribution in [2.75, 3.05) is 20.8 Å². The van der Waals surface area contributed by atoms with Crippen molar-refractivity contribution in [1.29, 1.82) is 0 Å². The third-order valence-electron chi connectivity index (χ3n) is 4.37. The number of fused-ring (bicyclic) bond motifs is 1. The lowest BCUT2D eigenvalue weighted by molar-refractivity contribution is -0.143. The van der Waals surface area contributed by atoms with E-state index in [1.54, 1.807) is 14.0 Å². The number of carboxylic acid groups (broad SMARTS) is 1. The largest absolute Gasteiger partial charge is 0.481 e. The van der Waals surface area contributed by atoms with Gasteiger partial charge in [0.15, 0.2) is 5.82 Å². The SMILES string of the molecule is COCc1nc(OC)c2c(C)c(C(=O)NCC3(C(=O)O)CC3)sc2n1. The predicted molar refractivity (Wildman–Crippen MR) is 91.1 cm³/mol. The Kier molecular flexibility index (Phi) is 4.61. The van der Waals surface area contributed by atoms with Gasteiger partial charge in [-0.25, -0.2) is 4.98 Å². The maximum absolute atomic E-state index is 12.5. The van der Waals surface area contributed by atoms with Crippen LogP contribution < -0.4 is 10.1 Å². The molecule has 0 unspecified atom stereocenters. The normalized spacial score (nSPS) is 15.2. The van der Waals surface area contributed by atoms with Crippen LogP contribution in [0.4, 0.5) is 0 Å². The van der Waals surface area contributed by atoms with E-state index in [1.807, 2.05) is 0 Å². The molecule has 0 saturated heterocycles. The van der Waals surface area contributed by atoms with Gasteiger partial charge in [0, 0.05) is 13.7 Å². The Bertz CT molecular complexity index is 844. The molecule has 0 aromatic carbocycles. The molecule has 1 amide bonds. The second kappa shape index (κ2) is 6.57. The molecular formula is C16H19N3O5S. The minimum Gasteiger partial charge on any atom is -0.481 e. The van der Waals surface area contributed by atoms with Crippen molar-refractivity contribution in [3.05, 3.63) is 16.3 Å². The van der Waals surface area contributed by atoms with Crippen LogP contribution in [0.5, 0.6) is 5.88 Å². The van der Waals surface area contributed by atoms with Gasteiger partial charge in [0.2, 0.25) is 5.88 Å². The fourth-order valence-corrected chi connectivity index (χ4v) is 3.76. The first-order valence-corrected chi connectivity index (χ1v) is 8.58. The van der Waals surface area contributed by atoms with Crippen molar-refractivity contribution in [3.63, 3.8) is 0 Å². The summed E-state index contributed by atoms with van der Waals surface area (Å²) in [4.78, 5) is 33.6. The number of nitrogens with zero attached hydrogens (tertiary/aromatic N) is 2. The van der Waals surface area contributed by atoms with Gasteiger partial charge in [-0.1, -0.05) is 0 Å². The molecule has 8 nitrogen and oxygen atoms in total. The third kappa shape index (κ3) is 3.16. The summed E-state index contributed by atoms with van der Waals surface area (Å²) in [7, 11) is 3.06. The number of carboxylic acids is 1. The van der Waals surface area contributed by atoms with Crippen LogP contribution in [0.25, 0.3) is 10.2 Å². The summed E-state index contributed by atoms with van der Waals surface area (Å²) in [6.07, 6.45) is 1.18. The molecule has 1 saturated carbocycles. The molecule has 0 bridgehead atoms. The molecule has 1 aliphatic rings. The fourth-order valence-electron chi connectivity index (χ4n) is 2.65. The third-order valence-corrected chi connectivity index (χ3v) is 5.56. The number of aryl methyl sites for hydroxylation is 1. The Hall–Kier alpha value is -2.26. The van der Waals surface area contributed by atoms with E-state index >= 15 is 0 Å². The summed E-state index contributed by atoms with van der Waals surface area (Å²) >= 11 is 1.23. The van der Waals surface area contributed by atoms with Gasteiger partial charge in [-0.05, 0) is 25.3 Å². The van der Waals surface area contributed by atoms with Crippen LogP contribution in [0.1, 0.15) is 33.9 Å². The van der Waals surface area contributed by atoms with Crippen LogP contribution in [0, 0.1) is 12.3 Å². The highest BCUT2D eigenvalue weighted by molar-refractivity contribution is 7.20. The van der Waals surface area contributed by atoms with Gasteiger partial charge in [0.1, 0.15) is 11.4 Å². The lowest BCUT2D eigenvalue weighted by atomic mass is 10.1. The summed E-state index contributed by atoms with van der Waals surface area (Å²) in [5.41, 5.74) is -0.0814. The summed E-state index contributed by atoms with van der Waals surface area (Å²) < 4.78 is 10.4. The maximum atomic E-state index is 12.5. The number of thiophene rings is 1. The molecule has 25 heavy (non-hydrogen) atoms. The Morgan fingerprint density at radius 2 is 2.04 bits per heavy atom. The second-order valence-electron chi connectivity index (χ2n) is 6.09. The Labute approximate surface area is 148 Å². The zero-order valence-corrected chi connectivity index (χ0v) is 15.0. The molecule has 2 N–H and O–H groups in total. The van der Waals surface area contributed by atoms with Crippen LogP contribution in [0.2, 0.25) is 0 Å². The number of ether oxygens (including phenoxy) is 2. The number of hydrogen-bond acceptors (Lipinski definition) is 7. The Morgan fingerprint density at radius 3 is 2.60 bits per heavy atom. The van der Waals surface area contributed by atoms with Crippen molar-refractivity contribution in [2.24, 2.45) is 5.41 Å². The molecular weight excluding hydrogens is 346 g/mol. The predicted octanol–water partition coefficient (Wildman–Crippen LogP) is 1.75. The van der Waals surface area contributed by atoms with Gasteiger partial charge in [0.05, 0.1) is 22.8 Å². The summed E-state index contributed by atoms with van der Waals surface area (Å²) in [5.74, 6) is -0.294. The van der Waals surface area contributed by atoms with Crippen molar-refractivity contribution in [1.82, 2.24) is 15.3 Å². The first-order valence-electron chi connectivity index (χ1n) is 7.76. The smallest absolute Gasteiger partial charge is 0.311 e. The number of amides is 1. The van der Waals surface area contributed by atoms with Crippen LogP contribution in [0.15, 0.2) is 0 Å². The molecule has 3 rings (SSSR count). The number of nitrogens with one attached hydrogen (secondary N) is 1. The van der Waals surface area contributed by atoms with Gasteiger partial charge in [-0.3, -0.25) is 9.59 Å². The number of methoxy groups -OCH3 is 2. The zero-order chi connectivity index (χ0) is 18.2. The molecule has 0 spiro atoms. The molecule has 134 valence electrons. The highest BCUT2D eigenvalue weighted by Gasteiger charge is 2.50. The fraction of sp³-hybridized carbons (Fsp3) is 0.500. The first-order chi connectivity index (χ1) is 11.9. The standard InChI is InChI=1S/C16H19N3O5S/c1-8-10-13(24-3)18-9(6-23-2)19-14(10)25-11(8)12(20)17-7-16(4-5-16)15(21)22/h4-7H2,1-3H3,(H,17,20)(H,21,22). The molecule has 2 aromatic heterocycles. The Morgan fingerprint density at radius 1 is 1.32 bits per heavy atom. The molecule has 0 radical (unpaired) electrons. The topological polar surface area (TPSA) is 111 Å². The zero-order valence-electron chi connectivity index (χ0n) is 14.2. The van der Waals surface area contributed by atoms with E-state index in [-0.39, 0.29) is 19.1 Å². The Balaban J connectivity index is 1.90. The second-order valence-corrected chi connectivity index (χ2v) is 7.09. The summed E-state index contributed by atoms with van der Waals surface area (Å²) in [5, 5.41) is 12.6. The monoisotopic (exact) mass is 365 g/mol. The van der Waals surface area contributed by atoms with E-state index in [2.05, 4.69) is 15.3 Å². The molecule has 1 fully saturated rings. The molecule has 9 heteroatoms. The first kappa shape index (κ1) is 17.6. The van der Waals surface area contributed by atoms with Crippen molar-refractivity contribution in [2.45, 2.75) is 26.4 Å². The number of aliphatic carboxylic acids is 1. The number of rotatable bonds is 7. The minimum absolute atomic E-state index is 0.132. The quantitative estimate of drug-likeness (QED) is 0.769. The van der Waals surface area contributed by atoms with E-state index in [4.69, 9.17) is 9.47 Å². The van der Waals surface area contributed by atoms with E-state index < -0.39 is 11.4 Å². The van der Waals surface area contributed by atoms with Gasteiger partial charge in [-0.2, -0.15) is 4.98 Å². The lowest BCUT2D eigenvalue weighted by Crippen LogP contribution is -2.34. The molecule has 0 atom stereocenters. The molecule has 0 aliphatic heterocycles. The molecule has 2 aromatic rings. The average molecular weight is 365 g/mol. The maximum Gasteiger partial charge on any atom is 0.311 e. The van der Waals surface area contributed by atoms with Gasteiger partial charge in [0.25, 0.3) is 5.91 Å². The van der Waals surface area contributed by atoms with E-state index in [1.165, 1.54) is 18.4 Å². The number of hydrogen-bond donors (Lipinski definition) is 2. The van der Waals surface area contributed by atoms with Crippen LogP contribution >= 0.6 is 11.3 Å². The average Bonchev–Trinajstić information content (AvgIpc) is 3.31. The van der Waals surface area contributed by atoms with E-state index in [0.29, 0.717) is 39.6 Å². The van der Waals surface area contributed by atoms with Crippen LogP contribution in [-0.4, -0.2) is 47.7 Å². The number of aromatic nitrogens is 2. The van der Waals surface area contributed by atoms with Crippen molar-refractivity contribution >= 4 is 33.4 Å². The lowest BCUT2D eigenvalue weighted by Gasteiger charge is -2.10. The number of carbonyl (C=O) groups is 2. The van der Waals surface area contributed by atoms with Gasteiger partial charge in [-0.15, -0.1) is 11.3 Å². The molecule has 2 heterocycles. The van der Waals surface area contributed by atoms with Gasteiger partial charge >= 0.3 is 5.97 Å². The van der Waals surface area contributed by atoms with Gasteiger partial charge < -0.3 is 19.9 Å². The molecule has 1 aliphatic carbocycles. The summed E-state index contributed by atoms with van der Waals surface area (Å²) in [6, 6.07) is 0. The van der Waals surface area contributed by atoms with E-state index in [9.17, 15) is 14.7 Å². The number of carbonyl (C=O) groups excluding carboxylic acids is 1. The summed E-state index contributed by atoms with van der Waals surface area (Å²) in [6.45, 7) is 2.18. The van der Waals surface area contributed by atoms with Crippen LogP contribution in [0.3, 0.4) is 0 Å².